The van der Waals surface area contributed by atoms with Crippen LogP contribution in [0.3, 0.4) is 0 Å². The molecule has 5 N–H and O–H groups in total. The van der Waals surface area contributed by atoms with Crippen molar-refractivity contribution in [3.8, 4) is 11.1 Å². The second-order valence-corrected chi connectivity index (χ2v) is 12.5. The zero-order valence-corrected chi connectivity index (χ0v) is 25.4. The van der Waals surface area contributed by atoms with Gasteiger partial charge in [0, 0.05) is 41.9 Å². The summed E-state index contributed by atoms with van der Waals surface area (Å²) in [6, 6.07) is 21.5. The topological polar surface area (TPSA) is 80.4 Å². The van der Waals surface area contributed by atoms with Crippen LogP contribution in [0.5, 0.6) is 0 Å². The second kappa shape index (κ2) is 13.9. The molecule has 5 rings (SSSR count). The van der Waals surface area contributed by atoms with Crippen LogP contribution in [0.1, 0.15) is 48.3 Å². The Balaban J connectivity index is 1.28. The largest absolute Gasteiger partial charge is 0.381 e. The number of rotatable bonds is 9. The summed E-state index contributed by atoms with van der Waals surface area (Å²) in [7, 11) is 2.05. The van der Waals surface area contributed by atoms with Crippen molar-refractivity contribution in [2.24, 2.45) is 11.7 Å². The summed E-state index contributed by atoms with van der Waals surface area (Å²) in [5.41, 5.74) is 12.9. The van der Waals surface area contributed by atoms with Crippen molar-refractivity contribution < 1.29 is 0 Å². The van der Waals surface area contributed by atoms with Gasteiger partial charge in [-0.05, 0) is 134 Å². The molecule has 0 atom stereocenters. The number of nitrogens with one attached hydrogen (secondary N) is 3. The van der Waals surface area contributed by atoms with Crippen LogP contribution in [-0.4, -0.2) is 55.5 Å². The van der Waals surface area contributed by atoms with E-state index >= 15 is 0 Å². The van der Waals surface area contributed by atoms with Crippen LogP contribution in [0, 0.1) is 11.3 Å². The van der Waals surface area contributed by atoms with E-state index in [1.807, 2.05) is 24.1 Å². The number of hydrogen-bond donors (Lipinski definition) is 4. The second-order valence-electron chi connectivity index (χ2n) is 11.6. The van der Waals surface area contributed by atoms with E-state index in [9.17, 15) is 0 Å². The fourth-order valence-corrected chi connectivity index (χ4v) is 6.80. The van der Waals surface area contributed by atoms with E-state index in [2.05, 4.69) is 58.0 Å². The quantitative estimate of drug-likeness (QED) is 0.163. The number of likely N-dealkylation sites (tertiary alicyclic amines) is 2. The first-order chi connectivity index (χ1) is 19.9. The Bertz CT molecular complexity index is 1290. The molecule has 0 radical (unpaired) electrons. The van der Waals surface area contributed by atoms with Crippen molar-refractivity contribution in [1.29, 1.82) is 5.41 Å². The van der Waals surface area contributed by atoms with Crippen molar-refractivity contribution in [2.45, 2.75) is 44.7 Å². The summed E-state index contributed by atoms with van der Waals surface area (Å²) in [6.45, 7) is 6.75. The SMILES string of the molecule is CNCC1CCN(Cc2cc(CNc3ccc(C4CCN(C(=N)N)CC4)cc3)cc(-c3cc(Cl)cc(Cl)c3)c2)CC1. The number of halogens is 2. The van der Waals surface area contributed by atoms with E-state index < -0.39 is 0 Å². The lowest BCUT2D eigenvalue weighted by Crippen LogP contribution is -2.41. The van der Waals surface area contributed by atoms with Crippen molar-refractivity contribution in [3.05, 3.63) is 87.4 Å². The molecule has 41 heavy (non-hydrogen) atoms. The third-order valence-electron chi connectivity index (χ3n) is 8.57. The van der Waals surface area contributed by atoms with E-state index in [1.54, 1.807) is 6.07 Å². The molecule has 3 aromatic carbocycles. The zero-order valence-electron chi connectivity index (χ0n) is 23.9. The Kier molecular flexibility index (Phi) is 10.1. The minimum absolute atomic E-state index is 0.183. The highest BCUT2D eigenvalue weighted by Gasteiger charge is 2.21. The molecule has 0 spiro atoms. The first-order valence-electron chi connectivity index (χ1n) is 14.8. The average Bonchev–Trinajstić information content (AvgIpc) is 2.97. The van der Waals surface area contributed by atoms with Crippen LogP contribution in [-0.2, 0) is 13.1 Å². The molecule has 0 saturated carbocycles. The van der Waals surface area contributed by atoms with Gasteiger partial charge in [-0.3, -0.25) is 10.3 Å². The lowest BCUT2D eigenvalue weighted by atomic mass is 9.89. The Hall–Kier alpha value is -2.77. The molecule has 0 amide bonds. The molecular weight excluding hydrogens is 551 g/mol. The van der Waals surface area contributed by atoms with Crippen molar-refractivity contribution in [1.82, 2.24) is 15.1 Å². The van der Waals surface area contributed by atoms with Gasteiger partial charge in [0.1, 0.15) is 0 Å². The maximum atomic E-state index is 7.66. The molecule has 8 heteroatoms. The number of hydrogen-bond acceptors (Lipinski definition) is 4. The predicted molar refractivity (Wildman–Crippen MR) is 173 cm³/mol. The Morgan fingerprint density at radius 2 is 1.49 bits per heavy atom. The van der Waals surface area contributed by atoms with Crippen LogP contribution in [0.15, 0.2) is 60.7 Å². The Morgan fingerprint density at radius 1 is 0.854 bits per heavy atom. The summed E-state index contributed by atoms with van der Waals surface area (Å²) in [6.07, 6.45) is 4.54. The first-order valence-corrected chi connectivity index (χ1v) is 15.5. The van der Waals surface area contributed by atoms with Gasteiger partial charge in [0.15, 0.2) is 5.96 Å². The number of guanidine groups is 1. The smallest absolute Gasteiger partial charge is 0.188 e. The molecule has 218 valence electrons. The van der Waals surface area contributed by atoms with E-state index in [-0.39, 0.29) is 5.96 Å². The van der Waals surface area contributed by atoms with E-state index in [0.717, 1.165) is 81.4 Å². The van der Waals surface area contributed by atoms with Gasteiger partial charge in [-0.1, -0.05) is 41.4 Å². The number of nitrogens with zero attached hydrogens (tertiary/aromatic N) is 2. The molecule has 2 saturated heterocycles. The van der Waals surface area contributed by atoms with Gasteiger partial charge in [0.25, 0.3) is 0 Å². The predicted octanol–water partition coefficient (Wildman–Crippen LogP) is 6.78. The van der Waals surface area contributed by atoms with Gasteiger partial charge in [0.2, 0.25) is 0 Å². The molecule has 3 aromatic rings. The maximum Gasteiger partial charge on any atom is 0.188 e. The molecule has 0 aromatic heterocycles. The van der Waals surface area contributed by atoms with Crippen molar-refractivity contribution in [2.75, 3.05) is 45.1 Å². The minimum Gasteiger partial charge on any atom is -0.381 e. The van der Waals surface area contributed by atoms with Gasteiger partial charge in [-0.25, -0.2) is 0 Å². The van der Waals surface area contributed by atoms with Crippen LogP contribution in [0.2, 0.25) is 10.0 Å². The summed E-state index contributed by atoms with van der Waals surface area (Å²) < 4.78 is 0. The van der Waals surface area contributed by atoms with Crippen LogP contribution >= 0.6 is 23.2 Å². The highest BCUT2D eigenvalue weighted by Crippen LogP contribution is 2.31. The molecule has 2 heterocycles. The molecule has 0 unspecified atom stereocenters. The molecular formula is C33H42Cl2N6. The zero-order chi connectivity index (χ0) is 28.8. The van der Waals surface area contributed by atoms with Crippen LogP contribution in [0.25, 0.3) is 11.1 Å². The van der Waals surface area contributed by atoms with E-state index in [0.29, 0.717) is 16.0 Å². The highest BCUT2D eigenvalue weighted by atomic mass is 35.5. The fraction of sp³-hybridized carbons (Fsp3) is 0.424. The van der Waals surface area contributed by atoms with E-state index in [1.165, 1.54) is 29.5 Å². The average molecular weight is 594 g/mol. The van der Waals surface area contributed by atoms with Crippen LogP contribution in [0.4, 0.5) is 5.69 Å². The number of piperidine rings is 2. The van der Waals surface area contributed by atoms with Crippen molar-refractivity contribution >= 4 is 34.8 Å². The number of nitrogens with two attached hydrogens (primary N) is 1. The molecule has 2 aliphatic rings. The lowest BCUT2D eigenvalue weighted by Gasteiger charge is -2.32. The normalized spacial score (nSPS) is 17.1. The molecule has 2 aliphatic heterocycles. The first kappa shape index (κ1) is 29.7. The monoisotopic (exact) mass is 592 g/mol. The summed E-state index contributed by atoms with van der Waals surface area (Å²) >= 11 is 12.8. The molecule has 2 fully saturated rings. The number of benzene rings is 3. The summed E-state index contributed by atoms with van der Waals surface area (Å²) in [4.78, 5) is 4.53. The van der Waals surface area contributed by atoms with E-state index in [4.69, 9.17) is 34.3 Å². The Morgan fingerprint density at radius 3 is 2.12 bits per heavy atom. The summed E-state index contributed by atoms with van der Waals surface area (Å²) in [5, 5.41) is 15.9. The maximum absolute atomic E-state index is 7.66. The number of anilines is 1. The lowest BCUT2D eigenvalue weighted by molar-refractivity contribution is 0.177. The minimum atomic E-state index is 0.183. The van der Waals surface area contributed by atoms with Crippen LogP contribution < -0.4 is 16.4 Å². The standard InChI is InChI=1S/C33H42Cl2N6/c1-38-20-23-6-10-40(11-7-23)22-25-14-24(15-28(16-25)29-17-30(34)19-31(35)18-29)21-39-32-4-2-26(3-5-32)27-8-12-41(13-9-27)33(36)37/h2-5,14-19,23,27,38-39H,6-13,20-22H2,1H3,(H3,36,37). The third kappa shape index (κ3) is 8.16. The molecule has 6 nitrogen and oxygen atoms in total. The van der Waals surface area contributed by atoms with Gasteiger partial charge in [0.05, 0.1) is 0 Å². The Labute approximate surface area is 254 Å². The fourth-order valence-electron chi connectivity index (χ4n) is 6.27. The third-order valence-corrected chi connectivity index (χ3v) is 9.01. The van der Waals surface area contributed by atoms with Crippen molar-refractivity contribution in [3.63, 3.8) is 0 Å². The molecule has 0 bridgehead atoms. The summed E-state index contributed by atoms with van der Waals surface area (Å²) in [5.74, 6) is 1.48. The van der Waals surface area contributed by atoms with Gasteiger partial charge < -0.3 is 21.3 Å². The molecule has 0 aliphatic carbocycles. The highest BCUT2D eigenvalue weighted by molar-refractivity contribution is 6.35. The van der Waals surface area contributed by atoms with Gasteiger partial charge in [-0.15, -0.1) is 0 Å². The van der Waals surface area contributed by atoms with Gasteiger partial charge in [-0.2, -0.15) is 0 Å². The van der Waals surface area contributed by atoms with Gasteiger partial charge >= 0.3 is 0 Å².